The average molecular weight is 423 g/mol. The molecule has 30 heavy (non-hydrogen) atoms. The summed E-state index contributed by atoms with van der Waals surface area (Å²) in [5.74, 6) is 0.804. The molecule has 0 spiro atoms. The number of carbonyl (C=O) groups is 1. The van der Waals surface area contributed by atoms with Crippen LogP contribution < -0.4 is 4.74 Å². The number of amides is 1. The molecule has 7 nitrogen and oxygen atoms in total. The average Bonchev–Trinajstić information content (AvgIpc) is 3.46. The first-order valence-corrected chi connectivity index (χ1v) is 10.7. The Morgan fingerprint density at radius 2 is 2.30 bits per heavy atom. The number of benzene rings is 1. The van der Waals surface area contributed by atoms with Crippen molar-refractivity contribution in [1.29, 1.82) is 0 Å². The van der Waals surface area contributed by atoms with E-state index in [1.807, 2.05) is 48.5 Å². The Kier molecular flexibility index (Phi) is 4.88. The van der Waals surface area contributed by atoms with Gasteiger partial charge in [-0.15, -0.1) is 0 Å². The number of likely N-dealkylation sites (tertiary alicyclic amines) is 1. The van der Waals surface area contributed by atoms with Crippen LogP contribution in [0.4, 0.5) is 0 Å². The van der Waals surface area contributed by atoms with Gasteiger partial charge in [-0.3, -0.25) is 9.69 Å². The quantitative estimate of drug-likeness (QED) is 0.478. The van der Waals surface area contributed by atoms with Crippen molar-refractivity contribution in [2.45, 2.75) is 25.9 Å². The highest BCUT2D eigenvalue weighted by Gasteiger charge is 2.27. The molecule has 1 aliphatic rings. The zero-order chi connectivity index (χ0) is 20.7. The van der Waals surface area contributed by atoms with Crippen molar-refractivity contribution in [1.82, 2.24) is 19.8 Å². The molecule has 0 saturated carbocycles. The van der Waals surface area contributed by atoms with E-state index in [9.17, 15) is 4.79 Å². The van der Waals surface area contributed by atoms with Crippen molar-refractivity contribution in [3.63, 3.8) is 0 Å². The highest BCUT2D eigenvalue weighted by molar-refractivity contribution is 7.20. The lowest BCUT2D eigenvalue weighted by Crippen LogP contribution is -2.37. The Morgan fingerprint density at radius 3 is 3.13 bits per heavy atom. The smallest absolute Gasteiger partial charge is 0.281 e. The van der Waals surface area contributed by atoms with E-state index < -0.39 is 0 Å². The van der Waals surface area contributed by atoms with Crippen LogP contribution in [0.25, 0.3) is 21.3 Å². The SMILES string of the molecule is CC(=O)N(C)C1CCN(Cc2coc3cc(Oc4nc5ncccc5s4)ccc23)C1. The van der Waals surface area contributed by atoms with Crippen LogP contribution in [0.1, 0.15) is 18.9 Å². The Labute approximate surface area is 177 Å². The lowest BCUT2D eigenvalue weighted by molar-refractivity contribution is -0.129. The maximum atomic E-state index is 11.6. The molecule has 3 aromatic heterocycles. The topological polar surface area (TPSA) is 71.7 Å². The van der Waals surface area contributed by atoms with Crippen molar-refractivity contribution >= 4 is 38.6 Å². The molecular weight excluding hydrogens is 400 g/mol. The second-order valence-electron chi connectivity index (χ2n) is 7.63. The van der Waals surface area contributed by atoms with Crippen LogP contribution in [0, 0.1) is 0 Å². The van der Waals surface area contributed by atoms with Crippen LogP contribution in [-0.2, 0) is 11.3 Å². The number of likely N-dealkylation sites (N-methyl/N-ethyl adjacent to an activating group) is 1. The molecule has 5 rings (SSSR count). The molecule has 0 N–H and O–H groups in total. The van der Waals surface area contributed by atoms with Gasteiger partial charge in [0.25, 0.3) is 5.19 Å². The summed E-state index contributed by atoms with van der Waals surface area (Å²) >= 11 is 1.47. The number of ether oxygens (including phenoxy) is 1. The van der Waals surface area contributed by atoms with E-state index in [0.29, 0.717) is 16.6 Å². The van der Waals surface area contributed by atoms with Crippen molar-refractivity contribution in [3.05, 3.63) is 48.4 Å². The number of furan rings is 1. The minimum absolute atomic E-state index is 0.118. The fourth-order valence-corrected chi connectivity index (χ4v) is 4.71. The molecule has 1 aromatic carbocycles. The molecular formula is C22H22N4O3S. The number of aromatic nitrogens is 2. The number of hydrogen-bond donors (Lipinski definition) is 0. The monoisotopic (exact) mass is 422 g/mol. The van der Waals surface area contributed by atoms with Gasteiger partial charge >= 0.3 is 0 Å². The normalized spacial score (nSPS) is 17.1. The van der Waals surface area contributed by atoms with Gasteiger partial charge in [-0.1, -0.05) is 11.3 Å². The minimum Gasteiger partial charge on any atom is -0.464 e. The first-order chi connectivity index (χ1) is 14.6. The van der Waals surface area contributed by atoms with E-state index >= 15 is 0 Å². The van der Waals surface area contributed by atoms with E-state index in [2.05, 4.69) is 14.9 Å². The maximum absolute atomic E-state index is 11.6. The van der Waals surface area contributed by atoms with Crippen LogP contribution in [0.2, 0.25) is 0 Å². The highest BCUT2D eigenvalue weighted by Crippen LogP contribution is 2.33. The number of nitrogens with zero attached hydrogens (tertiary/aromatic N) is 4. The summed E-state index contributed by atoms with van der Waals surface area (Å²) in [7, 11) is 1.88. The summed E-state index contributed by atoms with van der Waals surface area (Å²) < 4.78 is 12.7. The molecule has 1 unspecified atom stereocenters. The van der Waals surface area contributed by atoms with Gasteiger partial charge in [0.15, 0.2) is 5.65 Å². The van der Waals surface area contributed by atoms with Crippen LogP contribution in [0.5, 0.6) is 10.9 Å². The molecule has 1 saturated heterocycles. The Morgan fingerprint density at radius 1 is 1.40 bits per heavy atom. The van der Waals surface area contributed by atoms with Crippen LogP contribution in [0.3, 0.4) is 0 Å². The van der Waals surface area contributed by atoms with Gasteiger partial charge in [0, 0.05) is 62.9 Å². The lowest BCUT2D eigenvalue weighted by atomic mass is 10.1. The fourth-order valence-electron chi connectivity index (χ4n) is 3.91. The van der Waals surface area contributed by atoms with E-state index in [1.165, 1.54) is 11.3 Å². The molecule has 1 amide bonds. The molecule has 8 heteroatoms. The summed E-state index contributed by atoms with van der Waals surface area (Å²) in [6.45, 7) is 4.28. The van der Waals surface area contributed by atoms with Gasteiger partial charge in [-0.2, -0.15) is 4.98 Å². The predicted molar refractivity (Wildman–Crippen MR) is 116 cm³/mol. The minimum atomic E-state index is 0.118. The molecule has 1 fully saturated rings. The van der Waals surface area contributed by atoms with Crippen LogP contribution in [0.15, 0.2) is 47.2 Å². The van der Waals surface area contributed by atoms with Crippen LogP contribution in [-0.4, -0.2) is 51.9 Å². The number of carbonyl (C=O) groups excluding carboxylic acids is 1. The van der Waals surface area contributed by atoms with Gasteiger partial charge in [0.1, 0.15) is 11.3 Å². The van der Waals surface area contributed by atoms with Crippen molar-refractivity contribution in [3.8, 4) is 10.9 Å². The molecule has 0 aliphatic carbocycles. The summed E-state index contributed by atoms with van der Waals surface area (Å²) in [6.07, 6.45) is 4.54. The van der Waals surface area contributed by atoms with E-state index in [4.69, 9.17) is 9.15 Å². The number of thiazole rings is 1. The second-order valence-corrected chi connectivity index (χ2v) is 8.63. The molecule has 0 bridgehead atoms. The van der Waals surface area contributed by atoms with Gasteiger partial charge in [0.05, 0.1) is 11.0 Å². The fraction of sp³-hybridized carbons (Fsp3) is 0.318. The molecule has 1 atom stereocenters. The van der Waals surface area contributed by atoms with Gasteiger partial charge in [0.2, 0.25) is 5.91 Å². The molecule has 1 aliphatic heterocycles. The summed E-state index contributed by atoms with van der Waals surface area (Å²) in [6, 6.07) is 10.0. The van der Waals surface area contributed by atoms with Gasteiger partial charge in [-0.05, 0) is 30.7 Å². The van der Waals surface area contributed by atoms with E-state index in [-0.39, 0.29) is 11.9 Å². The summed E-state index contributed by atoms with van der Waals surface area (Å²) in [5, 5.41) is 1.64. The second kappa shape index (κ2) is 7.70. The lowest BCUT2D eigenvalue weighted by Gasteiger charge is -2.23. The maximum Gasteiger partial charge on any atom is 0.281 e. The summed E-state index contributed by atoms with van der Waals surface area (Å²) in [5.41, 5.74) is 2.63. The third-order valence-corrected chi connectivity index (χ3v) is 6.55. The first-order valence-electron chi connectivity index (χ1n) is 9.92. The van der Waals surface area contributed by atoms with Crippen molar-refractivity contribution < 1.29 is 13.9 Å². The Hall–Kier alpha value is -2.97. The zero-order valence-electron chi connectivity index (χ0n) is 16.9. The van der Waals surface area contributed by atoms with Gasteiger partial charge < -0.3 is 14.1 Å². The number of rotatable bonds is 5. The third-order valence-electron chi connectivity index (χ3n) is 5.66. The predicted octanol–water partition coefficient (Wildman–Crippen LogP) is 4.28. The highest BCUT2D eigenvalue weighted by atomic mass is 32.1. The summed E-state index contributed by atoms with van der Waals surface area (Å²) in [4.78, 5) is 24.5. The van der Waals surface area contributed by atoms with E-state index in [1.54, 1.807) is 13.1 Å². The molecule has 4 heterocycles. The first kappa shape index (κ1) is 19.0. The zero-order valence-corrected chi connectivity index (χ0v) is 17.7. The van der Waals surface area contributed by atoms with Gasteiger partial charge in [-0.25, -0.2) is 4.98 Å². The Bertz CT molecular complexity index is 1180. The third kappa shape index (κ3) is 3.64. The van der Waals surface area contributed by atoms with Crippen LogP contribution >= 0.6 is 11.3 Å². The molecule has 0 radical (unpaired) electrons. The van der Waals surface area contributed by atoms with E-state index in [0.717, 1.165) is 47.3 Å². The molecule has 154 valence electrons. The standard InChI is InChI=1S/C22H22N4O3S/c1-14(27)25(2)16-7-9-26(12-16)11-15-13-28-19-10-17(5-6-18(15)19)29-22-24-21-20(30-22)4-3-8-23-21/h3-6,8,10,13,16H,7,9,11-12H2,1-2H3. The molecule has 4 aromatic rings. The number of pyridine rings is 1. The largest absolute Gasteiger partial charge is 0.464 e. The Balaban J connectivity index is 1.30. The number of fused-ring (bicyclic) bond motifs is 2. The van der Waals surface area contributed by atoms with Crippen molar-refractivity contribution in [2.75, 3.05) is 20.1 Å². The number of hydrogen-bond acceptors (Lipinski definition) is 7. The van der Waals surface area contributed by atoms with Crippen molar-refractivity contribution in [2.24, 2.45) is 0 Å².